The highest BCUT2D eigenvalue weighted by atomic mass is 19.4. The van der Waals surface area contributed by atoms with E-state index in [-0.39, 0.29) is 17.3 Å². The lowest BCUT2D eigenvalue weighted by Gasteiger charge is -2.09. The van der Waals surface area contributed by atoms with Gasteiger partial charge in [0.1, 0.15) is 11.6 Å². The Hall–Kier alpha value is -1.92. The van der Waals surface area contributed by atoms with E-state index in [0.717, 1.165) is 31.7 Å². The van der Waals surface area contributed by atoms with Gasteiger partial charge in [-0.1, -0.05) is 18.9 Å². The second-order valence-electron chi connectivity index (χ2n) is 5.19. The van der Waals surface area contributed by atoms with Gasteiger partial charge in [0.15, 0.2) is 5.82 Å². The van der Waals surface area contributed by atoms with E-state index in [4.69, 9.17) is 0 Å². The molecule has 3 rings (SSSR count). The van der Waals surface area contributed by atoms with Crippen molar-refractivity contribution in [3.05, 3.63) is 35.4 Å². The first kappa shape index (κ1) is 14.0. The minimum atomic E-state index is -4.73. The Morgan fingerprint density at radius 2 is 1.86 bits per heavy atom. The van der Waals surface area contributed by atoms with E-state index in [1.165, 1.54) is 6.07 Å². The fourth-order valence-corrected chi connectivity index (χ4v) is 2.70. The number of aromatic nitrogens is 3. The van der Waals surface area contributed by atoms with Gasteiger partial charge < -0.3 is 0 Å². The van der Waals surface area contributed by atoms with Crippen LogP contribution in [-0.4, -0.2) is 15.2 Å². The van der Waals surface area contributed by atoms with Gasteiger partial charge in [-0.25, -0.2) is 9.37 Å². The van der Waals surface area contributed by atoms with Crippen LogP contribution in [0.15, 0.2) is 18.2 Å². The molecule has 1 aliphatic rings. The zero-order valence-corrected chi connectivity index (χ0v) is 11.0. The quantitative estimate of drug-likeness (QED) is 0.841. The van der Waals surface area contributed by atoms with E-state index in [1.54, 1.807) is 0 Å². The molecule has 1 N–H and O–H groups in total. The summed E-state index contributed by atoms with van der Waals surface area (Å²) in [7, 11) is 0. The summed E-state index contributed by atoms with van der Waals surface area (Å²) in [5, 5.41) is 6.59. The lowest BCUT2D eigenvalue weighted by atomic mass is 10.1. The van der Waals surface area contributed by atoms with Gasteiger partial charge in [0.05, 0.1) is 11.1 Å². The van der Waals surface area contributed by atoms with Crippen LogP contribution in [0.2, 0.25) is 0 Å². The van der Waals surface area contributed by atoms with E-state index in [2.05, 4.69) is 15.2 Å². The van der Waals surface area contributed by atoms with Gasteiger partial charge in [-0.05, 0) is 25.0 Å². The number of rotatable bonds is 2. The molecule has 0 atom stereocenters. The van der Waals surface area contributed by atoms with Crippen molar-refractivity contribution in [1.82, 2.24) is 15.2 Å². The molecule has 0 saturated heterocycles. The molecule has 7 heteroatoms. The molecule has 1 saturated carbocycles. The summed E-state index contributed by atoms with van der Waals surface area (Å²) >= 11 is 0. The number of aromatic amines is 1. The topological polar surface area (TPSA) is 41.6 Å². The number of hydrogen-bond acceptors (Lipinski definition) is 2. The summed E-state index contributed by atoms with van der Waals surface area (Å²) in [6.07, 6.45) is -0.596. The third kappa shape index (κ3) is 2.64. The zero-order valence-electron chi connectivity index (χ0n) is 11.0. The van der Waals surface area contributed by atoms with Crippen molar-refractivity contribution < 1.29 is 17.6 Å². The predicted octanol–water partition coefficient (Wildman–Crippen LogP) is 4.29. The molecule has 1 aliphatic carbocycles. The normalized spacial score (nSPS) is 16.6. The van der Waals surface area contributed by atoms with Crippen LogP contribution >= 0.6 is 0 Å². The first-order valence-electron chi connectivity index (χ1n) is 6.75. The SMILES string of the molecule is Fc1c(-c2n[nH]c(C3CCCC3)n2)cccc1C(F)(F)F. The van der Waals surface area contributed by atoms with E-state index in [9.17, 15) is 17.6 Å². The fraction of sp³-hybridized carbons (Fsp3) is 0.429. The van der Waals surface area contributed by atoms with Crippen molar-refractivity contribution >= 4 is 0 Å². The third-order valence-corrected chi connectivity index (χ3v) is 3.79. The van der Waals surface area contributed by atoms with Gasteiger partial charge in [0.2, 0.25) is 0 Å². The molecule has 0 aliphatic heterocycles. The molecule has 2 aromatic rings. The summed E-state index contributed by atoms with van der Waals surface area (Å²) in [6.45, 7) is 0. The summed E-state index contributed by atoms with van der Waals surface area (Å²) < 4.78 is 52.1. The van der Waals surface area contributed by atoms with Crippen LogP contribution in [0.5, 0.6) is 0 Å². The Kier molecular flexibility index (Phi) is 3.43. The van der Waals surface area contributed by atoms with E-state index < -0.39 is 17.6 Å². The lowest BCUT2D eigenvalue weighted by Crippen LogP contribution is -2.09. The van der Waals surface area contributed by atoms with Crippen LogP contribution in [-0.2, 0) is 6.18 Å². The third-order valence-electron chi connectivity index (χ3n) is 3.79. The molecule has 1 fully saturated rings. The Morgan fingerprint density at radius 3 is 2.52 bits per heavy atom. The largest absolute Gasteiger partial charge is 0.419 e. The zero-order chi connectivity index (χ0) is 15.0. The summed E-state index contributed by atoms with van der Waals surface area (Å²) in [4.78, 5) is 4.17. The van der Waals surface area contributed by atoms with E-state index in [1.807, 2.05) is 0 Å². The molecule has 0 spiro atoms. The molecular weight excluding hydrogens is 286 g/mol. The fourth-order valence-electron chi connectivity index (χ4n) is 2.70. The summed E-state index contributed by atoms with van der Waals surface area (Å²) in [5.74, 6) is -0.498. The van der Waals surface area contributed by atoms with E-state index >= 15 is 0 Å². The van der Waals surface area contributed by atoms with Gasteiger partial charge in [0.25, 0.3) is 0 Å². The number of nitrogens with zero attached hydrogens (tertiary/aromatic N) is 2. The van der Waals surface area contributed by atoms with Crippen molar-refractivity contribution in [2.45, 2.75) is 37.8 Å². The smallest absolute Gasteiger partial charge is 0.262 e. The molecule has 0 unspecified atom stereocenters. The van der Waals surface area contributed by atoms with Crippen LogP contribution in [0.1, 0.15) is 43.0 Å². The first-order valence-corrected chi connectivity index (χ1v) is 6.75. The van der Waals surface area contributed by atoms with Crippen LogP contribution in [0.3, 0.4) is 0 Å². The molecule has 112 valence electrons. The minimum absolute atomic E-state index is 0.0273. The van der Waals surface area contributed by atoms with E-state index in [0.29, 0.717) is 11.9 Å². The maximum absolute atomic E-state index is 14.0. The second-order valence-corrected chi connectivity index (χ2v) is 5.19. The molecule has 1 aromatic carbocycles. The van der Waals surface area contributed by atoms with Crippen LogP contribution < -0.4 is 0 Å². The van der Waals surface area contributed by atoms with Crippen molar-refractivity contribution in [3.63, 3.8) is 0 Å². The van der Waals surface area contributed by atoms with Crippen LogP contribution in [0.4, 0.5) is 17.6 Å². The number of H-pyrrole nitrogens is 1. The molecule has 3 nitrogen and oxygen atoms in total. The molecule has 1 aromatic heterocycles. The summed E-state index contributed by atoms with van der Waals surface area (Å²) in [6, 6.07) is 3.13. The molecule has 1 heterocycles. The van der Waals surface area contributed by atoms with Gasteiger partial charge in [-0.3, -0.25) is 5.10 Å². The molecule has 0 radical (unpaired) electrons. The number of alkyl halides is 3. The molecule has 0 bridgehead atoms. The minimum Gasteiger partial charge on any atom is -0.262 e. The van der Waals surface area contributed by atoms with Gasteiger partial charge in [-0.15, -0.1) is 0 Å². The number of hydrogen-bond donors (Lipinski definition) is 1. The van der Waals surface area contributed by atoms with Crippen molar-refractivity contribution in [3.8, 4) is 11.4 Å². The average molecular weight is 299 g/mol. The Labute approximate surface area is 118 Å². The molecule has 0 amide bonds. The molecular formula is C14H13F4N3. The number of halogens is 4. The van der Waals surface area contributed by atoms with Crippen molar-refractivity contribution in [2.24, 2.45) is 0 Å². The number of nitrogens with one attached hydrogen (secondary N) is 1. The predicted molar refractivity (Wildman–Crippen MR) is 68.0 cm³/mol. The standard InChI is InChI=1S/C14H13F4N3/c15-11-9(6-3-7-10(11)14(16,17)18)13-19-12(20-21-13)8-4-1-2-5-8/h3,6-8H,1-2,4-5H2,(H,19,20,21). The van der Waals surface area contributed by atoms with Gasteiger partial charge >= 0.3 is 6.18 Å². The molecule has 21 heavy (non-hydrogen) atoms. The van der Waals surface area contributed by atoms with Crippen molar-refractivity contribution in [1.29, 1.82) is 0 Å². The summed E-state index contributed by atoms with van der Waals surface area (Å²) in [5.41, 5.74) is -1.53. The second kappa shape index (κ2) is 5.13. The van der Waals surface area contributed by atoms with Gasteiger partial charge in [0, 0.05) is 5.92 Å². The highest BCUT2D eigenvalue weighted by Crippen LogP contribution is 2.36. The maximum Gasteiger partial charge on any atom is 0.419 e. The monoisotopic (exact) mass is 299 g/mol. The Morgan fingerprint density at radius 1 is 1.14 bits per heavy atom. The van der Waals surface area contributed by atoms with Crippen LogP contribution in [0, 0.1) is 5.82 Å². The highest BCUT2D eigenvalue weighted by Gasteiger charge is 2.35. The van der Waals surface area contributed by atoms with Gasteiger partial charge in [-0.2, -0.15) is 18.3 Å². The highest BCUT2D eigenvalue weighted by molar-refractivity contribution is 5.57. The van der Waals surface area contributed by atoms with Crippen molar-refractivity contribution in [2.75, 3.05) is 0 Å². The number of benzene rings is 1. The Balaban J connectivity index is 1.97. The maximum atomic E-state index is 14.0. The Bertz CT molecular complexity index is 642. The first-order chi connectivity index (χ1) is 9.97. The lowest BCUT2D eigenvalue weighted by molar-refractivity contribution is -0.139. The average Bonchev–Trinajstić information content (AvgIpc) is 3.08. The van der Waals surface area contributed by atoms with Crippen LogP contribution in [0.25, 0.3) is 11.4 Å².